The van der Waals surface area contributed by atoms with Crippen LogP contribution in [0.5, 0.6) is 11.5 Å². The standard InChI is InChI=1S/C27H29N5O3/c1-31-10-11-32(26(33)17-31)21-8-5-19(6-9-21)24-15-25-27(30-24)28-16-20(29-25)7-4-18-12-22(34-2)14-23(13-18)35-3/h5-6,8-9,12-16H,4,7,10-11,17H2,1-3H3,(H,28,30). The fourth-order valence-corrected chi connectivity index (χ4v) is 4.38. The normalized spacial score (nSPS) is 14.5. The highest BCUT2D eigenvalue weighted by Gasteiger charge is 2.22. The number of rotatable bonds is 7. The fraction of sp³-hybridized carbons (Fsp3) is 0.296. The lowest BCUT2D eigenvalue weighted by molar-refractivity contribution is -0.120. The molecule has 1 saturated heterocycles. The first-order valence-electron chi connectivity index (χ1n) is 11.7. The fourth-order valence-electron chi connectivity index (χ4n) is 4.38. The number of aromatic nitrogens is 3. The predicted molar refractivity (Wildman–Crippen MR) is 136 cm³/mol. The number of piperazine rings is 1. The Morgan fingerprint density at radius 1 is 0.971 bits per heavy atom. The molecule has 0 atom stereocenters. The van der Waals surface area contributed by atoms with E-state index in [1.54, 1.807) is 14.2 Å². The number of amides is 1. The molecule has 1 aliphatic heterocycles. The summed E-state index contributed by atoms with van der Waals surface area (Å²) in [6, 6.07) is 16.0. The maximum atomic E-state index is 12.4. The van der Waals surface area contributed by atoms with Gasteiger partial charge in [-0.2, -0.15) is 0 Å². The molecule has 8 heteroatoms. The topological polar surface area (TPSA) is 83.6 Å². The lowest BCUT2D eigenvalue weighted by Gasteiger charge is -2.32. The molecule has 0 saturated carbocycles. The highest BCUT2D eigenvalue weighted by Crippen LogP contribution is 2.27. The summed E-state index contributed by atoms with van der Waals surface area (Å²) in [6.07, 6.45) is 3.38. The Kier molecular flexibility index (Phi) is 6.37. The molecule has 2 aromatic carbocycles. The van der Waals surface area contributed by atoms with Gasteiger partial charge in [0.1, 0.15) is 17.0 Å². The maximum absolute atomic E-state index is 12.4. The van der Waals surface area contributed by atoms with Crippen LogP contribution in [0, 0.1) is 0 Å². The van der Waals surface area contributed by atoms with Gasteiger partial charge in [0.05, 0.1) is 32.7 Å². The lowest BCUT2D eigenvalue weighted by Crippen LogP contribution is -2.48. The molecule has 0 spiro atoms. The van der Waals surface area contributed by atoms with Crippen LogP contribution >= 0.6 is 0 Å². The summed E-state index contributed by atoms with van der Waals surface area (Å²) in [5, 5.41) is 0. The molecule has 0 unspecified atom stereocenters. The van der Waals surface area contributed by atoms with E-state index in [1.807, 2.05) is 71.6 Å². The van der Waals surface area contributed by atoms with Gasteiger partial charge in [0.25, 0.3) is 0 Å². The van der Waals surface area contributed by atoms with Crippen LogP contribution in [0.2, 0.25) is 0 Å². The summed E-state index contributed by atoms with van der Waals surface area (Å²) < 4.78 is 10.7. The number of anilines is 1. The van der Waals surface area contributed by atoms with Gasteiger partial charge in [-0.3, -0.25) is 9.69 Å². The first kappa shape index (κ1) is 22.9. The average molecular weight is 472 g/mol. The Bertz CT molecular complexity index is 1330. The van der Waals surface area contributed by atoms with E-state index in [1.165, 1.54) is 0 Å². The average Bonchev–Trinajstić information content (AvgIpc) is 3.31. The van der Waals surface area contributed by atoms with Crippen LogP contribution in [0.3, 0.4) is 0 Å². The quantitative estimate of drug-likeness (QED) is 0.443. The van der Waals surface area contributed by atoms with Crippen molar-refractivity contribution in [1.29, 1.82) is 0 Å². The van der Waals surface area contributed by atoms with Gasteiger partial charge in [0.15, 0.2) is 5.65 Å². The number of aryl methyl sites for hydroxylation is 2. The van der Waals surface area contributed by atoms with E-state index in [-0.39, 0.29) is 5.91 Å². The SMILES string of the molecule is COc1cc(CCc2cnc3[nH]c(-c4ccc(N5CCN(C)CC5=O)cc4)cc3n2)cc(OC)c1. The van der Waals surface area contributed by atoms with E-state index in [9.17, 15) is 4.79 Å². The summed E-state index contributed by atoms with van der Waals surface area (Å²) in [6.45, 7) is 2.04. The summed E-state index contributed by atoms with van der Waals surface area (Å²) >= 11 is 0. The van der Waals surface area contributed by atoms with E-state index in [4.69, 9.17) is 14.5 Å². The van der Waals surface area contributed by atoms with Crippen molar-refractivity contribution in [1.82, 2.24) is 19.9 Å². The number of nitrogens with one attached hydrogen (secondary N) is 1. The van der Waals surface area contributed by atoms with E-state index < -0.39 is 0 Å². The zero-order chi connectivity index (χ0) is 24.4. The first-order valence-corrected chi connectivity index (χ1v) is 11.7. The first-order chi connectivity index (χ1) is 17.0. The summed E-state index contributed by atoms with van der Waals surface area (Å²) in [5.74, 6) is 1.68. The lowest BCUT2D eigenvalue weighted by atomic mass is 10.1. The number of carbonyl (C=O) groups is 1. The van der Waals surface area contributed by atoms with E-state index >= 15 is 0 Å². The van der Waals surface area contributed by atoms with Gasteiger partial charge in [-0.15, -0.1) is 0 Å². The van der Waals surface area contributed by atoms with Gasteiger partial charge in [-0.05, 0) is 61.3 Å². The Morgan fingerprint density at radius 3 is 2.40 bits per heavy atom. The maximum Gasteiger partial charge on any atom is 0.241 e. The third kappa shape index (κ3) is 4.97. The summed E-state index contributed by atoms with van der Waals surface area (Å²) in [7, 11) is 5.28. The smallest absolute Gasteiger partial charge is 0.241 e. The molecule has 1 fully saturated rings. The third-order valence-electron chi connectivity index (χ3n) is 6.37. The van der Waals surface area contributed by atoms with Crippen LogP contribution in [-0.4, -0.2) is 66.7 Å². The Balaban J connectivity index is 1.30. The van der Waals surface area contributed by atoms with Crippen LogP contribution in [0.1, 0.15) is 11.3 Å². The second kappa shape index (κ2) is 9.76. The van der Waals surface area contributed by atoms with Crippen LogP contribution in [0.25, 0.3) is 22.4 Å². The van der Waals surface area contributed by atoms with Crippen LogP contribution in [0.4, 0.5) is 5.69 Å². The molecule has 1 aliphatic rings. The molecule has 5 rings (SSSR count). The van der Waals surface area contributed by atoms with Gasteiger partial charge in [-0.1, -0.05) is 12.1 Å². The number of likely N-dealkylation sites (N-methyl/N-ethyl adjacent to an activating group) is 1. The van der Waals surface area contributed by atoms with Gasteiger partial charge in [-0.25, -0.2) is 9.97 Å². The van der Waals surface area contributed by atoms with Crippen molar-refractivity contribution < 1.29 is 14.3 Å². The minimum absolute atomic E-state index is 0.130. The van der Waals surface area contributed by atoms with Crippen LogP contribution < -0.4 is 14.4 Å². The molecule has 0 radical (unpaired) electrons. The number of H-pyrrole nitrogens is 1. The minimum atomic E-state index is 0.130. The number of benzene rings is 2. The van der Waals surface area contributed by atoms with Crippen molar-refractivity contribution in [2.24, 2.45) is 0 Å². The van der Waals surface area contributed by atoms with Crippen molar-refractivity contribution in [2.75, 3.05) is 45.8 Å². The van der Waals surface area contributed by atoms with Gasteiger partial charge in [0, 0.05) is 30.5 Å². The number of hydrogen-bond acceptors (Lipinski definition) is 6. The Morgan fingerprint density at radius 2 is 1.71 bits per heavy atom. The number of hydrogen-bond donors (Lipinski definition) is 1. The second-order valence-electron chi connectivity index (χ2n) is 8.83. The molecule has 1 N–H and O–H groups in total. The molecule has 3 heterocycles. The minimum Gasteiger partial charge on any atom is -0.497 e. The number of fused-ring (bicyclic) bond motifs is 1. The van der Waals surface area contributed by atoms with Crippen molar-refractivity contribution in [3.8, 4) is 22.8 Å². The number of carbonyl (C=O) groups excluding carboxylic acids is 1. The van der Waals surface area contributed by atoms with Gasteiger partial charge >= 0.3 is 0 Å². The molecule has 180 valence electrons. The molecular weight excluding hydrogens is 442 g/mol. The third-order valence-corrected chi connectivity index (χ3v) is 6.37. The van der Waals surface area contributed by atoms with E-state index in [0.29, 0.717) is 13.1 Å². The highest BCUT2D eigenvalue weighted by molar-refractivity contribution is 5.95. The van der Waals surface area contributed by atoms with E-state index in [0.717, 1.165) is 70.3 Å². The summed E-state index contributed by atoms with van der Waals surface area (Å²) in [5.41, 5.74) is 6.54. The second-order valence-corrected chi connectivity index (χ2v) is 8.83. The van der Waals surface area contributed by atoms with Crippen molar-refractivity contribution in [3.05, 3.63) is 66.0 Å². The Hall–Kier alpha value is -3.91. The van der Waals surface area contributed by atoms with Crippen molar-refractivity contribution in [2.45, 2.75) is 12.8 Å². The largest absolute Gasteiger partial charge is 0.497 e. The van der Waals surface area contributed by atoms with Gasteiger partial charge < -0.3 is 19.4 Å². The van der Waals surface area contributed by atoms with Crippen molar-refractivity contribution in [3.63, 3.8) is 0 Å². The molecular formula is C27H29N5O3. The zero-order valence-corrected chi connectivity index (χ0v) is 20.2. The monoisotopic (exact) mass is 471 g/mol. The van der Waals surface area contributed by atoms with Crippen molar-refractivity contribution >= 4 is 22.8 Å². The molecule has 0 aliphatic carbocycles. The summed E-state index contributed by atoms with van der Waals surface area (Å²) in [4.78, 5) is 29.0. The molecule has 8 nitrogen and oxygen atoms in total. The molecule has 0 bridgehead atoms. The predicted octanol–water partition coefficient (Wildman–Crippen LogP) is 3.71. The molecule has 35 heavy (non-hydrogen) atoms. The van der Waals surface area contributed by atoms with E-state index in [2.05, 4.69) is 9.97 Å². The molecule has 4 aromatic rings. The van der Waals surface area contributed by atoms with Gasteiger partial charge in [0.2, 0.25) is 5.91 Å². The van der Waals surface area contributed by atoms with Crippen LogP contribution in [0.15, 0.2) is 54.7 Å². The number of methoxy groups -OCH3 is 2. The molecule has 2 aromatic heterocycles. The number of nitrogens with zero attached hydrogens (tertiary/aromatic N) is 4. The highest BCUT2D eigenvalue weighted by atomic mass is 16.5. The number of aromatic amines is 1. The van der Waals surface area contributed by atoms with Crippen LogP contribution in [-0.2, 0) is 17.6 Å². The Labute approximate surface area is 204 Å². The zero-order valence-electron chi connectivity index (χ0n) is 20.2. The number of ether oxygens (including phenoxy) is 2. The molecule has 1 amide bonds.